The first kappa shape index (κ1) is 15.4. The molecular formula is C16H19N3O4. The number of imide groups is 1. The second kappa shape index (κ2) is 6.29. The number of H-pyrrole nitrogens is 1. The number of rotatable bonds is 6. The largest absolute Gasteiger partial charge is 0.489 e. The van der Waals surface area contributed by atoms with Crippen LogP contribution in [0.2, 0.25) is 0 Å². The summed E-state index contributed by atoms with van der Waals surface area (Å²) in [6.07, 6.45) is 2.29. The first-order chi connectivity index (χ1) is 11.1. The lowest BCUT2D eigenvalue weighted by Crippen LogP contribution is -2.31. The number of carbonyl (C=O) groups excluding carboxylic acids is 2. The van der Waals surface area contributed by atoms with Crippen molar-refractivity contribution in [3.63, 3.8) is 0 Å². The Morgan fingerprint density at radius 3 is 2.78 bits per heavy atom. The van der Waals surface area contributed by atoms with E-state index >= 15 is 0 Å². The molecule has 3 amide bonds. The van der Waals surface area contributed by atoms with E-state index in [9.17, 15) is 9.59 Å². The molecule has 1 aromatic carbocycles. The summed E-state index contributed by atoms with van der Waals surface area (Å²) in [5.74, 6) is 0.529. The topological polar surface area (TPSA) is 83.7 Å². The molecule has 1 fully saturated rings. The van der Waals surface area contributed by atoms with Crippen molar-refractivity contribution in [1.29, 1.82) is 0 Å². The number of para-hydroxylation sites is 1. The van der Waals surface area contributed by atoms with Crippen molar-refractivity contribution >= 4 is 22.8 Å². The maximum Gasteiger partial charge on any atom is 0.324 e. The van der Waals surface area contributed by atoms with Gasteiger partial charge in [-0.05, 0) is 11.6 Å². The van der Waals surface area contributed by atoms with Crippen molar-refractivity contribution in [2.45, 2.75) is 12.5 Å². The lowest BCUT2D eigenvalue weighted by molar-refractivity contribution is -0.126. The zero-order chi connectivity index (χ0) is 16.4. The molecule has 0 bridgehead atoms. The highest BCUT2D eigenvalue weighted by Crippen LogP contribution is 2.28. The molecule has 0 aliphatic carbocycles. The predicted molar refractivity (Wildman–Crippen MR) is 84.5 cm³/mol. The minimum Gasteiger partial charge on any atom is -0.489 e. The summed E-state index contributed by atoms with van der Waals surface area (Å²) >= 11 is 0. The van der Waals surface area contributed by atoms with Gasteiger partial charge in [-0.15, -0.1) is 0 Å². The van der Waals surface area contributed by atoms with Crippen LogP contribution in [0.3, 0.4) is 0 Å². The molecule has 2 N–H and O–H groups in total. The van der Waals surface area contributed by atoms with Crippen molar-refractivity contribution < 1.29 is 19.1 Å². The number of amides is 3. The van der Waals surface area contributed by atoms with Gasteiger partial charge in [0, 0.05) is 32.2 Å². The van der Waals surface area contributed by atoms with E-state index in [4.69, 9.17) is 9.47 Å². The molecule has 1 saturated heterocycles. The third-order valence-electron chi connectivity index (χ3n) is 3.96. The summed E-state index contributed by atoms with van der Waals surface area (Å²) < 4.78 is 10.7. The third-order valence-corrected chi connectivity index (χ3v) is 3.96. The fraction of sp³-hybridized carbons (Fsp3) is 0.375. The van der Waals surface area contributed by atoms with Crippen LogP contribution in [0.4, 0.5) is 4.79 Å². The molecule has 122 valence electrons. The quantitative estimate of drug-likeness (QED) is 0.621. The molecule has 1 atom stereocenters. The highest BCUT2D eigenvalue weighted by molar-refractivity contribution is 6.04. The zero-order valence-corrected chi connectivity index (χ0v) is 13.1. The SMILES string of the molecule is COCCOc1cccc2c(CC3NC(=O)N(C)C3=O)c[nH]c12. The summed E-state index contributed by atoms with van der Waals surface area (Å²) in [7, 11) is 3.11. The maximum absolute atomic E-state index is 12.0. The van der Waals surface area contributed by atoms with Crippen LogP contribution in [0.15, 0.2) is 24.4 Å². The molecule has 1 aliphatic heterocycles. The van der Waals surface area contributed by atoms with E-state index in [0.717, 1.165) is 27.1 Å². The van der Waals surface area contributed by atoms with Crippen LogP contribution in [0.1, 0.15) is 5.56 Å². The number of nitrogens with zero attached hydrogens (tertiary/aromatic N) is 1. The number of aromatic nitrogens is 1. The van der Waals surface area contributed by atoms with Crippen molar-refractivity contribution in [1.82, 2.24) is 15.2 Å². The van der Waals surface area contributed by atoms with Crippen LogP contribution in [0.5, 0.6) is 5.75 Å². The van der Waals surface area contributed by atoms with Crippen LogP contribution in [0.25, 0.3) is 10.9 Å². The van der Waals surface area contributed by atoms with Crippen molar-refractivity contribution in [3.8, 4) is 5.75 Å². The van der Waals surface area contributed by atoms with Gasteiger partial charge < -0.3 is 19.8 Å². The van der Waals surface area contributed by atoms with Crippen LogP contribution in [-0.2, 0) is 16.0 Å². The third kappa shape index (κ3) is 2.87. The number of benzene rings is 1. The Morgan fingerprint density at radius 1 is 1.26 bits per heavy atom. The Balaban J connectivity index is 1.81. The lowest BCUT2D eigenvalue weighted by Gasteiger charge is -2.08. The van der Waals surface area contributed by atoms with Gasteiger partial charge in [0.25, 0.3) is 5.91 Å². The second-order valence-corrected chi connectivity index (χ2v) is 5.44. The molecule has 0 saturated carbocycles. The van der Waals surface area contributed by atoms with Crippen molar-refractivity contribution in [2.75, 3.05) is 27.4 Å². The average molecular weight is 317 g/mol. The van der Waals surface area contributed by atoms with E-state index in [-0.39, 0.29) is 11.9 Å². The number of hydrogen-bond acceptors (Lipinski definition) is 4. The van der Waals surface area contributed by atoms with Gasteiger partial charge in [0.05, 0.1) is 12.1 Å². The molecule has 3 rings (SSSR count). The number of nitrogens with one attached hydrogen (secondary N) is 2. The second-order valence-electron chi connectivity index (χ2n) is 5.44. The number of likely N-dealkylation sites (N-methyl/N-ethyl adjacent to an activating group) is 1. The molecule has 7 heteroatoms. The molecule has 2 heterocycles. The fourth-order valence-corrected chi connectivity index (χ4v) is 2.71. The van der Waals surface area contributed by atoms with Gasteiger partial charge in [0.2, 0.25) is 0 Å². The molecule has 1 aromatic heterocycles. The number of fused-ring (bicyclic) bond motifs is 1. The Labute approximate surface area is 133 Å². The number of hydrogen-bond donors (Lipinski definition) is 2. The van der Waals surface area contributed by atoms with Crippen molar-refractivity contribution in [2.24, 2.45) is 0 Å². The summed E-state index contributed by atoms with van der Waals surface area (Å²) in [4.78, 5) is 27.9. The monoisotopic (exact) mass is 317 g/mol. The molecule has 0 radical (unpaired) electrons. The normalized spacial score (nSPS) is 17.8. The maximum atomic E-state index is 12.0. The Hall–Kier alpha value is -2.54. The van der Waals surface area contributed by atoms with Gasteiger partial charge in [-0.2, -0.15) is 0 Å². The van der Waals surface area contributed by atoms with E-state index < -0.39 is 6.04 Å². The van der Waals surface area contributed by atoms with Gasteiger partial charge in [-0.3, -0.25) is 9.69 Å². The molecule has 23 heavy (non-hydrogen) atoms. The first-order valence-corrected chi connectivity index (χ1v) is 7.40. The van der Waals surface area contributed by atoms with E-state index in [2.05, 4.69) is 10.3 Å². The minimum absolute atomic E-state index is 0.211. The van der Waals surface area contributed by atoms with Crippen LogP contribution in [0, 0.1) is 0 Å². The van der Waals surface area contributed by atoms with Gasteiger partial charge in [0.15, 0.2) is 0 Å². The van der Waals surface area contributed by atoms with Crippen molar-refractivity contribution in [3.05, 3.63) is 30.0 Å². The molecule has 2 aromatic rings. The Morgan fingerprint density at radius 2 is 2.09 bits per heavy atom. The summed E-state index contributed by atoms with van der Waals surface area (Å²) in [6.45, 7) is 0.977. The average Bonchev–Trinajstić information content (AvgIpc) is 3.06. The highest BCUT2D eigenvalue weighted by atomic mass is 16.5. The number of carbonyl (C=O) groups is 2. The number of urea groups is 1. The first-order valence-electron chi connectivity index (χ1n) is 7.40. The molecule has 0 spiro atoms. The Kier molecular flexibility index (Phi) is 4.20. The molecule has 1 unspecified atom stereocenters. The number of ether oxygens (including phenoxy) is 2. The van der Waals surface area contributed by atoms with Gasteiger partial charge >= 0.3 is 6.03 Å². The predicted octanol–water partition coefficient (Wildman–Crippen LogP) is 1.29. The zero-order valence-electron chi connectivity index (χ0n) is 13.1. The van der Waals surface area contributed by atoms with Crippen LogP contribution in [-0.4, -0.2) is 55.2 Å². The van der Waals surface area contributed by atoms with Gasteiger partial charge in [-0.25, -0.2) is 4.79 Å². The number of methoxy groups -OCH3 is 1. The van der Waals surface area contributed by atoms with E-state index in [1.54, 1.807) is 7.11 Å². The van der Waals surface area contributed by atoms with E-state index in [1.807, 2.05) is 24.4 Å². The number of aromatic amines is 1. The highest BCUT2D eigenvalue weighted by Gasteiger charge is 2.35. The van der Waals surface area contributed by atoms with Gasteiger partial charge in [-0.1, -0.05) is 12.1 Å². The summed E-state index contributed by atoms with van der Waals surface area (Å²) in [5.41, 5.74) is 1.84. The van der Waals surface area contributed by atoms with E-state index in [1.165, 1.54) is 7.05 Å². The molecule has 7 nitrogen and oxygen atoms in total. The Bertz CT molecular complexity index is 740. The summed E-state index contributed by atoms with van der Waals surface area (Å²) in [5, 5.41) is 3.67. The standard InChI is InChI=1S/C16H19N3O4/c1-19-15(20)12(18-16(19)21)8-10-9-17-14-11(10)4-3-5-13(14)23-7-6-22-2/h3-5,9,12,17H,6-8H2,1-2H3,(H,18,21). The lowest BCUT2D eigenvalue weighted by atomic mass is 10.0. The van der Waals surface area contributed by atoms with Crippen LogP contribution >= 0.6 is 0 Å². The fourth-order valence-electron chi connectivity index (χ4n) is 2.71. The molecular weight excluding hydrogens is 298 g/mol. The molecule has 1 aliphatic rings. The van der Waals surface area contributed by atoms with E-state index in [0.29, 0.717) is 19.6 Å². The van der Waals surface area contributed by atoms with Gasteiger partial charge in [0.1, 0.15) is 18.4 Å². The summed E-state index contributed by atoms with van der Waals surface area (Å²) in [6, 6.07) is 4.88. The minimum atomic E-state index is -0.524. The van der Waals surface area contributed by atoms with Crippen LogP contribution < -0.4 is 10.1 Å². The smallest absolute Gasteiger partial charge is 0.324 e.